The lowest BCUT2D eigenvalue weighted by Gasteiger charge is -2.09. The van der Waals surface area contributed by atoms with Crippen LogP contribution in [-0.2, 0) is 9.53 Å². The van der Waals surface area contributed by atoms with Gasteiger partial charge in [0.1, 0.15) is 11.9 Å². The number of hydrogen-bond donors (Lipinski definition) is 1. The second-order valence-electron chi connectivity index (χ2n) is 1.99. The molecule has 3 heteroatoms. The fraction of sp³-hybridized carbons (Fsp3) is 0.286. The van der Waals surface area contributed by atoms with Gasteiger partial charge in [-0.2, -0.15) is 0 Å². The predicted molar refractivity (Wildman–Crippen MR) is 35.7 cm³/mol. The standard InChI is InChI=1S/C7H8O3/c1-10-7-3-2-5(8)4-6(7)9/h2-4,7-8H,1H3. The van der Waals surface area contributed by atoms with E-state index in [-0.39, 0.29) is 11.5 Å². The summed E-state index contributed by atoms with van der Waals surface area (Å²) in [7, 11) is 1.45. The lowest BCUT2D eigenvalue weighted by Crippen LogP contribution is -2.20. The summed E-state index contributed by atoms with van der Waals surface area (Å²) in [4.78, 5) is 10.8. The third kappa shape index (κ3) is 1.25. The molecule has 0 saturated carbocycles. The predicted octanol–water partition coefficient (Wildman–Crippen LogP) is 0.582. The number of ether oxygens (including phenoxy) is 1. The molecular formula is C7H8O3. The van der Waals surface area contributed by atoms with Crippen molar-refractivity contribution in [2.75, 3.05) is 7.11 Å². The van der Waals surface area contributed by atoms with Gasteiger partial charge in [-0.15, -0.1) is 0 Å². The van der Waals surface area contributed by atoms with E-state index in [1.807, 2.05) is 0 Å². The Bertz CT molecular complexity index is 203. The van der Waals surface area contributed by atoms with Gasteiger partial charge in [-0.3, -0.25) is 4.79 Å². The third-order valence-electron chi connectivity index (χ3n) is 1.27. The number of carbonyl (C=O) groups excluding carboxylic acids is 1. The number of rotatable bonds is 1. The van der Waals surface area contributed by atoms with E-state index in [2.05, 4.69) is 0 Å². The van der Waals surface area contributed by atoms with Gasteiger partial charge in [0.25, 0.3) is 0 Å². The Morgan fingerprint density at radius 3 is 2.90 bits per heavy atom. The van der Waals surface area contributed by atoms with E-state index in [4.69, 9.17) is 9.84 Å². The molecule has 0 heterocycles. The van der Waals surface area contributed by atoms with Gasteiger partial charge in [-0.1, -0.05) is 0 Å². The molecule has 1 atom stereocenters. The summed E-state index contributed by atoms with van der Waals surface area (Å²) in [6.45, 7) is 0. The fourth-order valence-corrected chi connectivity index (χ4v) is 0.752. The van der Waals surface area contributed by atoms with Crippen LogP contribution in [0, 0.1) is 0 Å². The number of allylic oxidation sites excluding steroid dienone is 1. The first-order valence-electron chi connectivity index (χ1n) is 2.89. The smallest absolute Gasteiger partial charge is 0.191 e. The van der Waals surface area contributed by atoms with Gasteiger partial charge in [-0.25, -0.2) is 0 Å². The molecule has 0 radical (unpaired) electrons. The maximum Gasteiger partial charge on any atom is 0.191 e. The number of aliphatic hydroxyl groups excluding tert-OH is 1. The van der Waals surface area contributed by atoms with E-state index in [1.165, 1.54) is 19.3 Å². The van der Waals surface area contributed by atoms with Crippen molar-refractivity contribution >= 4 is 5.78 Å². The number of ketones is 1. The Morgan fingerprint density at radius 1 is 1.70 bits per heavy atom. The molecule has 0 aromatic rings. The van der Waals surface area contributed by atoms with Gasteiger partial charge in [0.05, 0.1) is 0 Å². The van der Waals surface area contributed by atoms with Crippen LogP contribution in [0.1, 0.15) is 0 Å². The van der Waals surface area contributed by atoms with E-state index < -0.39 is 6.10 Å². The van der Waals surface area contributed by atoms with Crippen LogP contribution in [0.5, 0.6) is 0 Å². The summed E-state index contributed by atoms with van der Waals surface area (Å²) >= 11 is 0. The van der Waals surface area contributed by atoms with E-state index >= 15 is 0 Å². The average Bonchev–Trinajstić information content (AvgIpc) is 1.88. The molecule has 3 nitrogen and oxygen atoms in total. The largest absolute Gasteiger partial charge is 0.508 e. The van der Waals surface area contributed by atoms with E-state index in [0.29, 0.717) is 0 Å². The quantitative estimate of drug-likeness (QED) is 0.579. The monoisotopic (exact) mass is 140 g/mol. The number of aliphatic hydroxyl groups is 1. The highest BCUT2D eigenvalue weighted by Gasteiger charge is 2.15. The van der Waals surface area contributed by atoms with E-state index in [0.717, 1.165) is 6.08 Å². The summed E-state index contributed by atoms with van der Waals surface area (Å²) < 4.78 is 4.76. The highest BCUT2D eigenvalue weighted by molar-refractivity contribution is 5.96. The minimum atomic E-state index is -0.518. The van der Waals surface area contributed by atoms with Crippen molar-refractivity contribution in [2.45, 2.75) is 6.10 Å². The van der Waals surface area contributed by atoms with Crippen LogP contribution in [0.15, 0.2) is 24.0 Å². The molecule has 1 N–H and O–H groups in total. The van der Waals surface area contributed by atoms with Crippen molar-refractivity contribution in [3.63, 3.8) is 0 Å². The highest BCUT2D eigenvalue weighted by atomic mass is 16.5. The maximum absolute atomic E-state index is 10.8. The van der Waals surface area contributed by atoms with Crippen molar-refractivity contribution < 1.29 is 14.6 Å². The Labute approximate surface area is 58.6 Å². The van der Waals surface area contributed by atoms with Gasteiger partial charge >= 0.3 is 0 Å². The first-order valence-corrected chi connectivity index (χ1v) is 2.89. The molecule has 1 aliphatic carbocycles. The highest BCUT2D eigenvalue weighted by Crippen LogP contribution is 2.06. The molecule has 0 saturated heterocycles. The second kappa shape index (κ2) is 2.66. The minimum absolute atomic E-state index is 0.0155. The maximum atomic E-state index is 10.8. The SMILES string of the molecule is COC1C=CC(O)=CC1=O. The molecule has 10 heavy (non-hydrogen) atoms. The summed E-state index contributed by atoms with van der Waals surface area (Å²) in [5, 5.41) is 8.79. The Morgan fingerprint density at radius 2 is 2.40 bits per heavy atom. The van der Waals surface area contributed by atoms with Gasteiger partial charge in [0.2, 0.25) is 0 Å². The number of carbonyl (C=O) groups is 1. The molecule has 0 amide bonds. The Hall–Kier alpha value is -1.09. The number of hydrogen-bond acceptors (Lipinski definition) is 3. The van der Waals surface area contributed by atoms with Crippen molar-refractivity contribution in [3.05, 3.63) is 24.0 Å². The molecule has 54 valence electrons. The average molecular weight is 140 g/mol. The molecule has 1 rings (SSSR count). The third-order valence-corrected chi connectivity index (χ3v) is 1.27. The summed E-state index contributed by atoms with van der Waals surface area (Å²) in [5.41, 5.74) is 0. The first-order chi connectivity index (χ1) is 4.74. The molecule has 0 aliphatic heterocycles. The van der Waals surface area contributed by atoms with E-state index in [9.17, 15) is 4.79 Å². The Balaban J connectivity index is 2.74. The molecule has 1 aliphatic rings. The van der Waals surface area contributed by atoms with Crippen molar-refractivity contribution in [1.29, 1.82) is 0 Å². The van der Waals surface area contributed by atoms with Crippen LogP contribution in [-0.4, -0.2) is 24.1 Å². The molecular weight excluding hydrogens is 132 g/mol. The van der Waals surface area contributed by atoms with Crippen molar-refractivity contribution in [1.82, 2.24) is 0 Å². The topological polar surface area (TPSA) is 46.5 Å². The number of methoxy groups -OCH3 is 1. The minimum Gasteiger partial charge on any atom is -0.508 e. The Kier molecular flexibility index (Phi) is 1.87. The fourth-order valence-electron chi connectivity index (χ4n) is 0.752. The first kappa shape index (κ1) is 7.02. The molecule has 0 fully saturated rings. The molecule has 1 unspecified atom stereocenters. The van der Waals surface area contributed by atoms with Crippen LogP contribution in [0.3, 0.4) is 0 Å². The van der Waals surface area contributed by atoms with Crippen molar-refractivity contribution in [3.8, 4) is 0 Å². The lowest BCUT2D eigenvalue weighted by atomic mass is 10.1. The van der Waals surface area contributed by atoms with Crippen LogP contribution >= 0.6 is 0 Å². The van der Waals surface area contributed by atoms with Gasteiger partial charge in [0.15, 0.2) is 5.78 Å². The lowest BCUT2D eigenvalue weighted by molar-refractivity contribution is -0.121. The molecule has 0 aromatic heterocycles. The van der Waals surface area contributed by atoms with Crippen LogP contribution in [0.4, 0.5) is 0 Å². The summed E-state index contributed by atoms with van der Waals surface area (Å²) in [6.07, 6.45) is 3.58. The molecule has 0 spiro atoms. The zero-order valence-electron chi connectivity index (χ0n) is 5.57. The van der Waals surface area contributed by atoms with Crippen LogP contribution in [0.25, 0.3) is 0 Å². The van der Waals surface area contributed by atoms with Gasteiger partial charge in [-0.05, 0) is 12.2 Å². The summed E-state index contributed by atoms with van der Waals surface area (Å²) in [5.74, 6) is -0.235. The van der Waals surface area contributed by atoms with Crippen LogP contribution in [0.2, 0.25) is 0 Å². The van der Waals surface area contributed by atoms with Crippen molar-refractivity contribution in [2.24, 2.45) is 0 Å². The van der Waals surface area contributed by atoms with Gasteiger partial charge in [0, 0.05) is 13.2 Å². The van der Waals surface area contributed by atoms with Gasteiger partial charge < -0.3 is 9.84 Å². The molecule has 0 aromatic carbocycles. The molecule has 0 bridgehead atoms. The van der Waals surface area contributed by atoms with E-state index in [1.54, 1.807) is 0 Å². The zero-order chi connectivity index (χ0) is 7.56. The second-order valence-corrected chi connectivity index (χ2v) is 1.99. The normalized spacial score (nSPS) is 24.7. The zero-order valence-corrected chi connectivity index (χ0v) is 5.57. The summed E-state index contributed by atoms with van der Waals surface area (Å²) in [6, 6.07) is 0. The van der Waals surface area contributed by atoms with Crippen LogP contribution < -0.4 is 0 Å².